The largest absolute Gasteiger partial charge is 0.306 e. The van der Waals surface area contributed by atoms with Gasteiger partial charge < -0.3 is 5.41 Å². The van der Waals surface area contributed by atoms with Crippen LogP contribution in [0, 0.1) is 12.3 Å². The fraction of sp³-hybridized carbons (Fsp3) is 0.250. The molecule has 0 bridgehead atoms. The van der Waals surface area contributed by atoms with E-state index in [2.05, 4.69) is 34.4 Å². The van der Waals surface area contributed by atoms with Crippen LogP contribution in [0.25, 0.3) is 0 Å². The predicted octanol–water partition coefficient (Wildman–Crippen LogP) is 3.34. The molecule has 1 unspecified atom stereocenters. The van der Waals surface area contributed by atoms with E-state index in [1.807, 2.05) is 12.1 Å². The molecule has 0 saturated carbocycles. The van der Waals surface area contributed by atoms with E-state index in [4.69, 9.17) is 5.41 Å². The van der Waals surface area contributed by atoms with Gasteiger partial charge in [-0.25, -0.2) is 0 Å². The zero-order chi connectivity index (χ0) is 10.6. The van der Waals surface area contributed by atoms with Crippen LogP contribution < -0.4 is 0 Å². The van der Waals surface area contributed by atoms with E-state index in [-0.39, 0.29) is 0 Å². The fourth-order valence-electron chi connectivity index (χ4n) is 1.36. The number of rotatable bonds is 3. The van der Waals surface area contributed by atoms with Gasteiger partial charge in [-0.2, -0.15) is 0 Å². The van der Waals surface area contributed by atoms with Gasteiger partial charge in [0.1, 0.15) is 0 Å². The van der Waals surface area contributed by atoms with E-state index in [9.17, 15) is 0 Å². The molecule has 1 N–H and O–H groups in total. The zero-order valence-electron chi connectivity index (χ0n) is 8.67. The van der Waals surface area contributed by atoms with Crippen LogP contribution in [0.2, 0.25) is 0 Å². The first kappa shape index (κ1) is 11.1. The first-order chi connectivity index (χ1) is 6.59. The molecule has 1 rings (SSSR count). The van der Waals surface area contributed by atoms with Crippen molar-refractivity contribution in [3.8, 4) is 0 Å². The molecule has 74 valence electrons. The molecule has 14 heavy (non-hydrogen) atoms. The maximum atomic E-state index is 7.35. The summed E-state index contributed by atoms with van der Waals surface area (Å²) in [6.45, 7) is 3.91. The van der Waals surface area contributed by atoms with E-state index in [0.717, 1.165) is 11.7 Å². The van der Waals surface area contributed by atoms with Crippen LogP contribution in [0.15, 0.2) is 35.7 Å². The number of hydrogen-bond donors (Lipinski definition) is 1. The number of aryl methyl sites for hydroxylation is 1. The van der Waals surface area contributed by atoms with Crippen molar-refractivity contribution in [1.82, 2.24) is 0 Å². The van der Waals surface area contributed by atoms with Gasteiger partial charge in [-0.1, -0.05) is 24.3 Å². The summed E-state index contributed by atoms with van der Waals surface area (Å²) in [6, 6.07) is 8.35. The monoisotopic (exact) mass is 205 g/mol. The molecule has 0 aliphatic carbocycles. The van der Waals surface area contributed by atoms with Crippen LogP contribution in [-0.4, -0.2) is 5.71 Å². The van der Waals surface area contributed by atoms with E-state index < -0.39 is 0 Å². The van der Waals surface area contributed by atoms with Crippen LogP contribution >= 0.6 is 9.24 Å². The van der Waals surface area contributed by atoms with Crippen LogP contribution in [0.5, 0.6) is 0 Å². The maximum Gasteiger partial charge on any atom is 0.0286 e. The van der Waals surface area contributed by atoms with Crippen molar-refractivity contribution < 1.29 is 0 Å². The number of hydrogen-bond acceptors (Lipinski definition) is 1. The van der Waals surface area contributed by atoms with Gasteiger partial charge in [-0.05, 0) is 42.8 Å². The van der Waals surface area contributed by atoms with E-state index in [0.29, 0.717) is 5.71 Å². The van der Waals surface area contributed by atoms with Crippen molar-refractivity contribution >= 4 is 15.0 Å². The van der Waals surface area contributed by atoms with Gasteiger partial charge in [-0.3, -0.25) is 0 Å². The first-order valence-electron chi connectivity index (χ1n) is 4.65. The number of benzene rings is 1. The minimum absolute atomic E-state index is 0.601. The summed E-state index contributed by atoms with van der Waals surface area (Å²) in [5.41, 5.74) is 3.24. The second-order valence-electron chi connectivity index (χ2n) is 3.51. The summed E-state index contributed by atoms with van der Waals surface area (Å²) in [6.07, 6.45) is 2.80. The Morgan fingerprint density at radius 2 is 2.07 bits per heavy atom. The fourth-order valence-corrected chi connectivity index (χ4v) is 1.83. The molecule has 0 aliphatic rings. The van der Waals surface area contributed by atoms with Crippen LogP contribution in [-0.2, 0) is 6.42 Å². The predicted molar refractivity (Wildman–Crippen MR) is 66.1 cm³/mol. The molecule has 0 heterocycles. The van der Waals surface area contributed by atoms with Crippen molar-refractivity contribution in [2.45, 2.75) is 20.3 Å². The highest BCUT2D eigenvalue weighted by molar-refractivity contribution is 7.22. The van der Waals surface area contributed by atoms with Crippen molar-refractivity contribution in [3.05, 3.63) is 46.8 Å². The molecule has 0 fully saturated rings. The number of nitrogens with one attached hydrogen (secondary N) is 1. The summed E-state index contributed by atoms with van der Waals surface area (Å²) >= 11 is 0. The Balaban J connectivity index is 2.79. The van der Waals surface area contributed by atoms with Crippen molar-refractivity contribution in [2.75, 3.05) is 0 Å². The number of allylic oxidation sites excluding steroid dienone is 2. The third kappa shape index (κ3) is 3.43. The van der Waals surface area contributed by atoms with Crippen molar-refractivity contribution in [3.63, 3.8) is 0 Å². The topological polar surface area (TPSA) is 23.9 Å². The average molecular weight is 205 g/mol. The van der Waals surface area contributed by atoms with E-state index >= 15 is 0 Å². The van der Waals surface area contributed by atoms with Gasteiger partial charge in [0, 0.05) is 5.71 Å². The highest BCUT2D eigenvalue weighted by atomic mass is 31.0. The Labute approximate surface area is 87.9 Å². The second-order valence-corrected chi connectivity index (χ2v) is 4.25. The molecule has 0 amide bonds. The van der Waals surface area contributed by atoms with Gasteiger partial charge in [0.25, 0.3) is 0 Å². The third-order valence-corrected chi connectivity index (χ3v) is 2.43. The Morgan fingerprint density at radius 1 is 1.43 bits per heavy atom. The lowest BCUT2D eigenvalue weighted by atomic mass is 10.1. The van der Waals surface area contributed by atoms with Gasteiger partial charge in [-0.15, -0.1) is 9.24 Å². The molecule has 0 saturated heterocycles. The maximum absolute atomic E-state index is 7.35. The lowest BCUT2D eigenvalue weighted by Crippen LogP contribution is -1.90. The first-order valence-corrected chi connectivity index (χ1v) is 5.23. The molecule has 0 aliphatic heterocycles. The summed E-state index contributed by atoms with van der Waals surface area (Å²) < 4.78 is 0. The quantitative estimate of drug-likeness (QED) is 0.578. The average Bonchev–Trinajstić information content (AvgIpc) is 2.07. The van der Waals surface area contributed by atoms with Crippen LogP contribution in [0.1, 0.15) is 18.1 Å². The van der Waals surface area contributed by atoms with Crippen molar-refractivity contribution in [2.24, 2.45) is 0 Å². The lowest BCUT2D eigenvalue weighted by molar-refractivity contribution is 1.20. The van der Waals surface area contributed by atoms with Gasteiger partial charge >= 0.3 is 0 Å². The normalized spacial score (nSPS) is 11.5. The summed E-state index contributed by atoms with van der Waals surface area (Å²) in [4.78, 5) is 0. The molecular formula is C12H16NP. The molecule has 0 radical (unpaired) electrons. The lowest BCUT2D eigenvalue weighted by Gasteiger charge is -2.05. The van der Waals surface area contributed by atoms with Gasteiger partial charge in [0.2, 0.25) is 0 Å². The second kappa shape index (κ2) is 5.07. The van der Waals surface area contributed by atoms with E-state index in [1.54, 1.807) is 6.92 Å². The highest BCUT2D eigenvalue weighted by Gasteiger charge is 1.98. The van der Waals surface area contributed by atoms with Crippen molar-refractivity contribution in [1.29, 1.82) is 5.41 Å². The molecular weight excluding hydrogens is 189 g/mol. The smallest absolute Gasteiger partial charge is 0.0286 e. The molecule has 0 spiro atoms. The molecule has 2 heteroatoms. The van der Waals surface area contributed by atoms with Crippen LogP contribution in [0.4, 0.5) is 0 Å². The molecule has 1 aromatic rings. The third-order valence-electron chi connectivity index (χ3n) is 2.06. The minimum Gasteiger partial charge on any atom is -0.306 e. The summed E-state index contributed by atoms with van der Waals surface area (Å²) in [5.74, 6) is 0. The molecule has 1 nitrogen and oxygen atoms in total. The molecule has 1 atom stereocenters. The Hall–Kier alpha value is -0.940. The summed E-state index contributed by atoms with van der Waals surface area (Å²) in [7, 11) is 2.69. The van der Waals surface area contributed by atoms with E-state index in [1.165, 1.54) is 11.1 Å². The SMILES string of the molecule is CC(=N)/C=C(\P)Cc1ccccc1C. The minimum atomic E-state index is 0.601. The van der Waals surface area contributed by atoms with Gasteiger partial charge in [0.05, 0.1) is 0 Å². The van der Waals surface area contributed by atoms with Gasteiger partial charge in [0.15, 0.2) is 0 Å². The molecule has 1 aromatic carbocycles. The Kier molecular flexibility index (Phi) is 4.03. The van der Waals surface area contributed by atoms with Crippen LogP contribution in [0.3, 0.4) is 0 Å². The summed E-state index contributed by atoms with van der Waals surface area (Å²) in [5, 5.41) is 8.51. The Morgan fingerprint density at radius 3 is 2.64 bits per heavy atom. The zero-order valence-corrected chi connectivity index (χ0v) is 9.83. The standard InChI is InChI=1S/C12H16NP/c1-9-5-3-4-6-11(9)8-12(14)7-10(2)13/h3-7,13H,8,14H2,1-2H3/b12-7-,13-10?. The Bertz CT molecular complexity index is 366. The molecule has 0 aromatic heterocycles. The highest BCUT2D eigenvalue weighted by Crippen LogP contribution is 2.16.